The van der Waals surface area contributed by atoms with Crippen LogP contribution in [0.15, 0.2) is 48.5 Å². The first kappa shape index (κ1) is 13.0. The van der Waals surface area contributed by atoms with Gasteiger partial charge in [0, 0.05) is 24.0 Å². The second kappa shape index (κ2) is 5.96. The summed E-state index contributed by atoms with van der Waals surface area (Å²) in [5, 5.41) is 9.75. The number of hydrogen-bond acceptors (Lipinski definition) is 3. The van der Waals surface area contributed by atoms with Gasteiger partial charge >= 0.3 is 0 Å². The van der Waals surface area contributed by atoms with Gasteiger partial charge in [-0.2, -0.15) is 0 Å². The van der Waals surface area contributed by atoms with E-state index in [1.807, 2.05) is 12.1 Å². The summed E-state index contributed by atoms with van der Waals surface area (Å²) in [7, 11) is 0. The monoisotopic (exact) mass is 254 g/mol. The van der Waals surface area contributed by atoms with E-state index in [-0.39, 0.29) is 24.4 Å². The molecule has 0 aromatic heterocycles. The van der Waals surface area contributed by atoms with Gasteiger partial charge in [0.2, 0.25) is 0 Å². The number of ketones is 1. The first-order chi connectivity index (χ1) is 9.22. The van der Waals surface area contributed by atoms with Crippen molar-refractivity contribution < 1.29 is 14.7 Å². The van der Waals surface area contributed by atoms with Crippen molar-refractivity contribution in [2.24, 2.45) is 0 Å². The smallest absolute Gasteiger partial charge is 0.163 e. The first-order valence-corrected chi connectivity index (χ1v) is 6.07. The largest absolute Gasteiger partial charge is 0.507 e. The highest BCUT2D eigenvalue weighted by Gasteiger charge is 2.07. The Morgan fingerprint density at radius 3 is 2.37 bits per heavy atom. The van der Waals surface area contributed by atoms with E-state index >= 15 is 0 Å². The van der Waals surface area contributed by atoms with Crippen molar-refractivity contribution in [2.45, 2.75) is 12.8 Å². The van der Waals surface area contributed by atoms with Crippen LogP contribution in [0, 0.1) is 0 Å². The van der Waals surface area contributed by atoms with Gasteiger partial charge in [0.1, 0.15) is 12.0 Å². The maximum atomic E-state index is 11.7. The summed E-state index contributed by atoms with van der Waals surface area (Å²) < 4.78 is 0. The van der Waals surface area contributed by atoms with Crippen molar-refractivity contribution >= 4 is 12.1 Å². The van der Waals surface area contributed by atoms with E-state index in [4.69, 9.17) is 0 Å². The van der Waals surface area contributed by atoms with Crippen LogP contribution in [0.2, 0.25) is 0 Å². The van der Waals surface area contributed by atoms with Crippen LogP contribution in [0.25, 0.3) is 11.1 Å². The molecule has 0 saturated heterocycles. The van der Waals surface area contributed by atoms with E-state index < -0.39 is 0 Å². The molecule has 2 rings (SSSR count). The quantitative estimate of drug-likeness (QED) is 0.658. The van der Waals surface area contributed by atoms with Crippen molar-refractivity contribution in [3.63, 3.8) is 0 Å². The summed E-state index contributed by atoms with van der Waals surface area (Å²) in [6, 6.07) is 14.1. The average Bonchev–Trinajstić information content (AvgIpc) is 2.45. The van der Waals surface area contributed by atoms with Crippen LogP contribution < -0.4 is 0 Å². The number of aromatic hydroxyl groups is 1. The molecular formula is C16H14O3. The molecule has 0 radical (unpaired) electrons. The fourth-order valence-electron chi connectivity index (χ4n) is 1.89. The van der Waals surface area contributed by atoms with Crippen molar-refractivity contribution in [2.75, 3.05) is 0 Å². The second-order valence-electron chi connectivity index (χ2n) is 4.22. The Bertz CT molecular complexity index is 585. The predicted octanol–water partition coefficient (Wildman–Crippen LogP) is 3.22. The zero-order chi connectivity index (χ0) is 13.7. The fourth-order valence-corrected chi connectivity index (χ4v) is 1.89. The molecule has 0 unspecified atom stereocenters. The number of phenolic OH excluding ortho intramolecular Hbond substituents is 1. The minimum atomic E-state index is -0.0454. The Morgan fingerprint density at radius 2 is 1.74 bits per heavy atom. The summed E-state index contributed by atoms with van der Waals surface area (Å²) in [5.41, 5.74) is 2.17. The van der Waals surface area contributed by atoms with Crippen LogP contribution >= 0.6 is 0 Å². The molecule has 0 heterocycles. The number of Topliss-reactive ketones (excluding diaryl/α,β-unsaturated/α-hetero) is 1. The summed E-state index contributed by atoms with van der Waals surface area (Å²) in [6.45, 7) is 0. The van der Waals surface area contributed by atoms with Gasteiger partial charge in [0.25, 0.3) is 0 Å². The van der Waals surface area contributed by atoms with Gasteiger partial charge in [-0.15, -0.1) is 0 Å². The van der Waals surface area contributed by atoms with E-state index in [9.17, 15) is 14.7 Å². The Morgan fingerprint density at radius 1 is 1.05 bits per heavy atom. The van der Waals surface area contributed by atoms with E-state index in [0.29, 0.717) is 5.56 Å². The normalized spacial score (nSPS) is 10.1. The van der Waals surface area contributed by atoms with Crippen LogP contribution in [0.1, 0.15) is 23.2 Å². The summed E-state index contributed by atoms with van der Waals surface area (Å²) in [5.74, 6) is 0.165. The molecule has 0 saturated carbocycles. The maximum Gasteiger partial charge on any atom is 0.163 e. The summed E-state index contributed by atoms with van der Waals surface area (Å²) in [6.07, 6.45) is 1.23. The van der Waals surface area contributed by atoms with Gasteiger partial charge in [-0.05, 0) is 11.6 Å². The summed E-state index contributed by atoms with van der Waals surface area (Å²) >= 11 is 0. The minimum absolute atomic E-state index is 0.0454. The third-order valence-electron chi connectivity index (χ3n) is 2.91. The molecule has 19 heavy (non-hydrogen) atoms. The Labute approximate surface area is 111 Å². The number of phenols is 1. The van der Waals surface area contributed by atoms with E-state index in [2.05, 4.69) is 0 Å². The Hall–Kier alpha value is -2.42. The van der Waals surface area contributed by atoms with Crippen molar-refractivity contribution in [1.82, 2.24) is 0 Å². The maximum absolute atomic E-state index is 11.7. The van der Waals surface area contributed by atoms with Crippen LogP contribution in [0.4, 0.5) is 0 Å². The standard InChI is InChI=1S/C16H14O3/c17-11-3-6-15(18)13-9-7-12(8-10-13)14-4-1-2-5-16(14)19/h1-2,4-5,7-11,19H,3,6H2. The van der Waals surface area contributed by atoms with Gasteiger partial charge in [0.15, 0.2) is 5.78 Å². The predicted molar refractivity (Wildman–Crippen MR) is 73.2 cm³/mol. The molecule has 0 spiro atoms. The minimum Gasteiger partial charge on any atom is -0.507 e. The fraction of sp³-hybridized carbons (Fsp3) is 0.125. The number of para-hydroxylation sites is 1. The van der Waals surface area contributed by atoms with E-state index in [1.54, 1.807) is 36.4 Å². The lowest BCUT2D eigenvalue weighted by atomic mass is 10.0. The van der Waals surface area contributed by atoms with Gasteiger partial charge in [-0.25, -0.2) is 0 Å². The lowest BCUT2D eigenvalue weighted by Gasteiger charge is -2.05. The highest BCUT2D eigenvalue weighted by Crippen LogP contribution is 2.28. The van der Waals surface area contributed by atoms with E-state index in [1.165, 1.54) is 0 Å². The molecule has 0 atom stereocenters. The zero-order valence-electron chi connectivity index (χ0n) is 10.4. The van der Waals surface area contributed by atoms with Crippen LogP contribution in [-0.4, -0.2) is 17.2 Å². The molecule has 0 aliphatic heterocycles. The average molecular weight is 254 g/mol. The first-order valence-electron chi connectivity index (χ1n) is 6.07. The van der Waals surface area contributed by atoms with Crippen molar-refractivity contribution in [3.8, 4) is 16.9 Å². The molecule has 96 valence electrons. The summed E-state index contributed by atoms with van der Waals surface area (Å²) in [4.78, 5) is 21.9. The zero-order valence-corrected chi connectivity index (χ0v) is 10.4. The molecular weight excluding hydrogens is 240 g/mol. The van der Waals surface area contributed by atoms with Gasteiger partial charge in [-0.3, -0.25) is 4.79 Å². The lowest BCUT2D eigenvalue weighted by molar-refractivity contribution is -0.107. The molecule has 0 amide bonds. The molecule has 0 aliphatic carbocycles. The molecule has 3 nitrogen and oxygen atoms in total. The van der Waals surface area contributed by atoms with Crippen LogP contribution in [-0.2, 0) is 4.79 Å². The highest BCUT2D eigenvalue weighted by atomic mass is 16.3. The number of aldehydes is 1. The van der Waals surface area contributed by atoms with Crippen molar-refractivity contribution in [3.05, 3.63) is 54.1 Å². The van der Waals surface area contributed by atoms with Crippen molar-refractivity contribution in [1.29, 1.82) is 0 Å². The Balaban J connectivity index is 2.21. The van der Waals surface area contributed by atoms with E-state index in [0.717, 1.165) is 17.4 Å². The molecule has 1 N–H and O–H groups in total. The van der Waals surface area contributed by atoms with Crippen LogP contribution in [0.5, 0.6) is 5.75 Å². The third kappa shape index (κ3) is 3.07. The molecule has 0 fully saturated rings. The third-order valence-corrected chi connectivity index (χ3v) is 2.91. The highest BCUT2D eigenvalue weighted by molar-refractivity contribution is 5.97. The molecule has 3 heteroatoms. The molecule has 0 aliphatic rings. The Kier molecular flexibility index (Phi) is 4.08. The van der Waals surface area contributed by atoms with Gasteiger partial charge in [-0.1, -0.05) is 42.5 Å². The molecule has 2 aromatic carbocycles. The number of benzene rings is 2. The number of rotatable bonds is 5. The lowest BCUT2D eigenvalue weighted by Crippen LogP contribution is -1.98. The number of hydrogen-bond donors (Lipinski definition) is 1. The topological polar surface area (TPSA) is 54.4 Å². The molecule has 2 aromatic rings. The number of carbonyl (C=O) groups excluding carboxylic acids is 2. The van der Waals surface area contributed by atoms with Crippen LogP contribution in [0.3, 0.4) is 0 Å². The SMILES string of the molecule is O=CCCC(=O)c1ccc(-c2ccccc2O)cc1. The number of carbonyl (C=O) groups is 2. The van der Waals surface area contributed by atoms with Gasteiger partial charge in [0.05, 0.1) is 0 Å². The molecule has 0 bridgehead atoms. The second-order valence-corrected chi connectivity index (χ2v) is 4.22. The van der Waals surface area contributed by atoms with Gasteiger partial charge < -0.3 is 9.90 Å².